The fourth-order valence-corrected chi connectivity index (χ4v) is 4.08. The number of hydrogen-bond donors (Lipinski definition) is 1. The lowest BCUT2D eigenvalue weighted by Gasteiger charge is -2.40. The van der Waals surface area contributed by atoms with Crippen LogP contribution in [0.25, 0.3) is 10.9 Å². The maximum Gasteiger partial charge on any atom is 0.189 e. The van der Waals surface area contributed by atoms with Crippen LogP contribution in [-0.4, -0.2) is 60.2 Å². The second-order valence-electron chi connectivity index (χ2n) is 7.36. The number of pyridine rings is 1. The molecule has 0 saturated carbocycles. The van der Waals surface area contributed by atoms with Gasteiger partial charge in [0.25, 0.3) is 0 Å². The minimum absolute atomic E-state index is 0.119. The van der Waals surface area contributed by atoms with E-state index in [-0.39, 0.29) is 5.43 Å². The summed E-state index contributed by atoms with van der Waals surface area (Å²) in [5.41, 5.74) is 3.19. The Morgan fingerprint density at radius 1 is 1.12 bits per heavy atom. The Balaban J connectivity index is 1.40. The highest BCUT2D eigenvalue weighted by atomic mass is 16.5. The van der Waals surface area contributed by atoms with Gasteiger partial charge in [-0.2, -0.15) is 0 Å². The molecule has 2 aliphatic rings. The Kier molecular flexibility index (Phi) is 4.88. The van der Waals surface area contributed by atoms with Gasteiger partial charge in [-0.25, -0.2) is 0 Å². The molecule has 5 heteroatoms. The lowest BCUT2D eigenvalue weighted by atomic mass is 10.1. The summed E-state index contributed by atoms with van der Waals surface area (Å²) >= 11 is 0. The van der Waals surface area contributed by atoms with Gasteiger partial charge in [0.2, 0.25) is 0 Å². The molecule has 2 aromatic rings. The van der Waals surface area contributed by atoms with E-state index in [2.05, 4.69) is 20.9 Å². The van der Waals surface area contributed by atoms with Gasteiger partial charge in [-0.1, -0.05) is 11.6 Å². The Bertz CT molecular complexity index is 787. The summed E-state index contributed by atoms with van der Waals surface area (Å²) in [6.45, 7) is 9.00. The largest absolute Gasteiger partial charge is 0.381 e. The molecule has 0 unspecified atom stereocenters. The zero-order chi connectivity index (χ0) is 17.2. The second-order valence-corrected chi connectivity index (χ2v) is 7.36. The van der Waals surface area contributed by atoms with Crippen LogP contribution in [0.4, 0.5) is 0 Å². The molecular weight excluding hydrogens is 314 g/mol. The van der Waals surface area contributed by atoms with Crippen molar-refractivity contribution < 1.29 is 4.74 Å². The fraction of sp³-hybridized carbons (Fsp3) is 0.550. The molecule has 2 fully saturated rings. The van der Waals surface area contributed by atoms with Gasteiger partial charge in [-0.3, -0.25) is 14.6 Å². The smallest absolute Gasteiger partial charge is 0.189 e. The van der Waals surface area contributed by atoms with Crippen LogP contribution in [0.1, 0.15) is 24.1 Å². The van der Waals surface area contributed by atoms with Crippen molar-refractivity contribution in [2.45, 2.75) is 32.4 Å². The summed E-state index contributed by atoms with van der Waals surface area (Å²) in [5.74, 6) is 0. The molecule has 0 aliphatic carbocycles. The number of ether oxygens (including phenoxy) is 1. The molecule has 134 valence electrons. The maximum absolute atomic E-state index is 12.4. The Labute approximate surface area is 148 Å². The van der Waals surface area contributed by atoms with Crippen LogP contribution < -0.4 is 5.43 Å². The van der Waals surface area contributed by atoms with Gasteiger partial charge >= 0.3 is 0 Å². The third kappa shape index (κ3) is 3.78. The predicted molar refractivity (Wildman–Crippen MR) is 100.0 cm³/mol. The summed E-state index contributed by atoms with van der Waals surface area (Å²) in [5, 5.41) is 0.785. The average Bonchev–Trinajstić information content (AvgIpc) is 2.64. The number of aromatic amines is 1. The normalized spacial score (nSPS) is 21.0. The van der Waals surface area contributed by atoms with Gasteiger partial charge in [-0.15, -0.1) is 0 Å². The highest BCUT2D eigenvalue weighted by molar-refractivity contribution is 5.79. The quantitative estimate of drug-likeness (QED) is 0.929. The zero-order valence-corrected chi connectivity index (χ0v) is 15.0. The Morgan fingerprint density at radius 2 is 1.88 bits per heavy atom. The number of nitrogens with zero attached hydrogens (tertiary/aromatic N) is 2. The molecule has 3 heterocycles. The third-order valence-electron chi connectivity index (χ3n) is 5.55. The molecule has 4 rings (SSSR count). The van der Waals surface area contributed by atoms with E-state index in [0.717, 1.165) is 80.9 Å². The summed E-state index contributed by atoms with van der Waals surface area (Å²) in [6.07, 6.45) is 2.33. The van der Waals surface area contributed by atoms with Crippen LogP contribution in [-0.2, 0) is 11.3 Å². The minimum atomic E-state index is 0.119. The highest BCUT2D eigenvalue weighted by Gasteiger charge is 2.25. The number of hydrogen-bond acceptors (Lipinski definition) is 4. The number of piperazine rings is 1. The summed E-state index contributed by atoms with van der Waals surface area (Å²) < 4.78 is 5.47. The second kappa shape index (κ2) is 7.28. The van der Waals surface area contributed by atoms with Gasteiger partial charge in [0.05, 0.1) is 0 Å². The first kappa shape index (κ1) is 16.8. The molecular formula is C20H27N3O2. The summed E-state index contributed by atoms with van der Waals surface area (Å²) in [7, 11) is 0. The molecule has 0 atom stereocenters. The number of aryl methyl sites for hydroxylation is 1. The van der Waals surface area contributed by atoms with Crippen molar-refractivity contribution in [1.82, 2.24) is 14.8 Å². The standard InChI is InChI=1S/C20H27N3O2/c1-15-2-3-19-18(12-15)20(24)13-16(21-19)14-22-6-8-23(9-7-22)17-4-10-25-11-5-17/h2-3,12-13,17H,4-11,14H2,1H3,(H,21,24). The average molecular weight is 341 g/mol. The van der Waals surface area contributed by atoms with E-state index in [4.69, 9.17) is 4.74 Å². The molecule has 1 aromatic heterocycles. The first-order valence-electron chi connectivity index (χ1n) is 9.36. The number of benzene rings is 1. The van der Waals surface area contributed by atoms with Crippen LogP contribution in [0.3, 0.4) is 0 Å². The zero-order valence-electron chi connectivity index (χ0n) is 15.0. The van der Waals surface area contributed by atoms with Crippen LogP contribution in [0.15, 0.2) is 29.1 Å². The number of aromatic nitrogens is 1. The van der Waals surface area contributed by atoms with Crippen molar-refractivity contribution in [1.29, 1.82) is 0 Å². The molecule has 1 N–H and O–H groups in total. The van der Waals surface area contributed by atoms with E-state index < -0.39 is 0 Å². The van der Waals surface area contributed by atoms with Crippen molar-refractivity contribution in [2.24, 2.45) is 0 Å². The molecule has 25 heavy (non-hydrogen) atoms. The van der Waals surface area contributed by atoms with Gasteiger partial charge in [0, 0.05) is 74.6 Å². The molecule has 0 spiro atoms. The van der Waals surface area contributed by atoms with E-state index in [0.29, 0.717) is 6.04 Å². The van der Waals surface area contributed by atoms with E-state index in [1.165, 1.54) is 0 Å². The van der Waals surface area contributed by atoms with E-state index in [1.807, 2.05) is 19.1 Å². The van der Waals surface area contributed by atoms with Crippen molar-refractivity contribution >= 4 is 10.9 Å². The fourth-order valence-electron chi connectivity index (χ4n) is 4.08. The molecule has 0 amide bonds. The molecule has 1 aromatic carbocycles. The van der Waals surface area contributed by atoms with Gasteiger partial charge in [0.15, 0.2) is 5.43 Å². The lowest BCUT2D eigenvalue weighted by molar-refractivity contribution is 0.0124. The number of nitrogens with one attached hydrogen (secondary N) is 1. The number of H-pyrrole nitrogens is 1. The first-order chi connectivity index (χ1) is 12.2. The van der Waals surface area contributed by atoms with Crippen molar-refractivity contribution in [3.05, 3.63) is 45.7 Å². The van der Waals surface area contributed by atoms with E-state index in [9.17, 15) is 4.79 Å². The third-order valence-corrected chi connectivity index (χ3v) is 5.55. The topological polar surface area (TPSA) is 48.6 Å². The molecule has 5 nitrogen and oxygen atoms in total. The van der Waals surface area contributed by atoms with Crippen LogP contribution in [0.5, 0.6) is 0 Å². The van der Waals surface area contributed by atoms with Gasteiger partial charge in [0.1, 0.15) is 0 Å². The van der Waals surface area contributed by atoms with Crippen molar-refractivity contribution in [2.75, 3.05) is 39.4 Å². The van der Waals surface area contributed by atoms with Gasteiger partial charge < -0.3 is 9.72 Å². The Morgan fingerprint density at radius 3 is 2.64 bits per heavy atom. The Hall–Kier alpha value is -1.69. The van der Waals surface area contributed by atoms with Crippen molar-refractivity contribution in [3.63, 3.8) is 0 Å². The molecule has 2 aliphatic heterocycles. The lowest BCUT2D eigenvalue weighted by Crippen LogP contribution is -2.51. The van der Waals surface area contributed by atoms with Crippen LogP contribution in [0, 0.1) is 6.92 Å². The van der Waals surface area contributed by atoms with E-state index in [1.54, 1.807) is 6.07 Å². The SMILES string of the molecule is Cc1ccc2[nH]c(CN3CCN(C4CCOCC4)CC3)cc(=O)c2c1. The monoisotopic (exact) mass is 341 g/mol. The maximum atomic E-state index is 12.4. The van der Waals surface area contributed by atoms with E-state index >= 15 is 0 Å². The minimum Gasteiger partial charge on any atom is -0.381 e. The molecule has 2 saturated heterocycles. The number of fused-ring (bicyclic) bond motifs is 1. The number of rotatable bonds is 3. The first-order valence-corrected chi connectivity index (χ1v) is 9.36. The molecule has 0 radical (unpaired) electrons. The van der Waals surface area contributed by atoms with Crippen molar-refractivity contribution in [3.8, 4) is 0 Å². The van der Waals surface area contributed by atoms with Gasteiger partial charge in [-0.05, 0) is 31.9 Å². The molecule has 0 bridgehead atoms. The van der Waals surface area contributed by atoms with Crippen LogP contribution >= 0.6 is 0 Å². The predicted octanol–water partition coefficient (Wildman–Crippen LogP) is 2.13. The summed E-state index contributed by atoms with van der Waals surface area (Å²) in [6, 6.07) is 8.49. The van der Waals surface area contributed by atoms with Crippen LogP contribution in [0.2, 0.25) is 0 Å². The highest BCUT2D eigenvalue weighted by Crippen LogP contribution is 2.17. The summed E-state index contributed by atoms with van der Waals surface area (Å²) in [4.78, 5) is 20.9.